The van der Waals surface area contributed by atoms with Crippen LogP contribution in [-0.4, -0.2) is 29.8 Å². The van der Waals surface area contributed by atoms with Crippen molar-refractivity contribution < 1.29 is 27.5 Å². The average Bonchev–Trinajstić information content (AvgIpc) is 3.46. The lowest BCUT2D eigenvalue weighted by Gasteiger charge is -2.19. The maximum absolute atomic E-state index is 13.3. The van der Waals surface area contributed by atoms with Crippen LogP contribution in [0.5, 0.6) is 5.75 Å². The molecule has 13 heteroatoms. The number of methoxy groups -OCH3 is 1. The van der Waals surface area contributed by atoms with E-state index in [0.717, 1.165) is 34.8 Å². The SMILES string of the molecule is COc1ccc(N2C(=O)/C(=C\c3cccs3)N=C2SCC(=O)Nc2cc(C(F)(F)F)ccc2Cl)cc1Cl. The lowest BCUT2D eigenvalue weighted by Crippen LogP contribution is -2.31. The summed E-state index contributed by atoms with van der Waals surface area (Å²) in [6.45, 7) is 0. The fourth-order valence-corrected chi connectivity index (χ4v) is 5.12. The smallest absolute Gasteiger partial charge is 0.416 e. The number of nitrogens with one attached hydrogen (secondary N) is 1. The highest BCUT2D eigenvalue weighted by Crippen LogP contribution is 2.36. The van der Waals surface area contributed by atoms with Crippen LogP contribution in [-0.2, 0) is 15.8 Å². The van der Waals surface area contributed by atoms with Crippen LogP contribution in [0.15, 0.2) is 64.6 Å². The first kappa shape index (κ1) is 27.1. The van der Waals surface area contributed by atoms with E-state index in [1.807, 2.05) is 17.5 Å². The molecule has 0 saturated carbocycles. The molecule has 1 aliphatic rings. The summed E-state index contributed by atoms with van der Waals surface area (Å²) in [6, 6.07) is 11.0. The van der Waals surface area contributed by atoms with Gasteiger partial charge in [0.25, 0.3) is 5.91 Å². The van der Waals surface area contributed by atoms with Crippen LogP contribution in [0.4, 0.5) is 24.5 Å². The van der Waals surface area contributed by atoms with E-state index in [2.05, 4.69) is 10.3 Å². The number of halogens is 5. The van der Waals surface area contributed by atoms with Gasteiger partial charge in [-0.05, 0) is 53.9 Å². The van der Waals surface area contributed by atoms with Gasteiger partial charge in [0, 0.05) is 4.88 Å². The highest BCUT2D eigenvalue weighted by Gasteiger charge is 2.33. The number of carbonyl (C=O) groups excluding carboxylic acids is 2. The number of rotatable bonds is 6. The first-order valence-electron chi connectivity index (χ1n) is 10.4. The predicted molar refractivity (Wildman–Crippen MR) is 143 cm³/mol. The number of alkyl halides is 3. The molecule has 0 unspecified atom stereocenters. The molecule has 2 aromatic carbocycles. The number of amides is 2. The highest BCUT2D eigenvalue weighted by atomic mass is 35.5. The lowest BCUT2D eigenvalue weighted by atomic mass is 10.2. The summed E-state index contributed by atoms with van der Waals surface area (Å²) in [7, 11) is 1.46. The predicted octanol–water partition coefficient (Wildman–Crippen LogP) is 7.20. The summed E-state index contributed by atoms with van der Waals surface area (Å²) < 4.78 is 44.3. The Morgan fingerprint density at radius 3 is 2.62 bits per heavy atom. The summed E-state index contributed by atoms with van der Waals surface area (Å²) >= 11 is 14.6. The molecule has 0 bridgehead atoms. The van der Waals surface area contributed by atoms with Crippen LogP contribution in [0, 0.1) is 0 Å². The minimum Gasteiger partial charge on any atom is -0.495 e. The van der Waals surface area contributed by atoms with Crippen LogP contribution in [0.3, 0.4) is 0 Å². The molecule has 3 aromatic rings. The van der Waals surface area contributed by atoms with Gasteiger partial charge in [0.05, 0.1) is 39.8 Å². The highest BCUT2D eigenvalue weighted by molar-refractivity contribution is 8.14. The maximum Gasteiger partial charge on any atom is 0.416 e. The summed E-state index contributed by atoms with van der Waals surface area (Å²) in [6.07, 6.45) is -2.97. The van der Waals surface area contributed by atoms with Gasteiger partial charge in [0.1, 0.15) is 11.4 Å². The zero-order valence-corrected chi connectivity index (χ0v) is 22.0. The first-order chi connectivity index (χ1) is 17.6. The monoisotopic (exact) mass is 585 g/mol. The van der Waals surface area contributed by atoms with Crippen molar-refractivity contribution in [3.8, 4) is 5.75 Å². The van der Waals surface area contributed by atoms with Crippen LogP contribution < -0.4 is 15.0 Å². The van der Waals surface area contributed by atoms with Crippen molar-refractivity contribution in [3.05, 3.63) is 80.1 Å². The second kappa shape index (κ2) is 11.2. The van der Waals surface area contributed by atoms with Gasteiger partial charge in [-0.1, -0.05) is 41.0 Å². The number of nitrogens with zero attached hydrogens (tertiary/aromatic N) is 2. The topological polar surface area (TPSA) is 71.0 Å². The number of carbonyl (C=O) groups is 2. The van der Waals surface area contributed by atoms with Crippen molar-refractivity contribution in [1.82, 2.24) is 0 Å². The van der Waals surface area contributed by atoms with Crippen molar-refractivity contribution in [2.24, 2.45) is 4.99 Å². The maximum atomic E-state index is 13.3. The van der Waals surface area contributed by atoms with Gasteiger partial charge < -0.3 is 10.1 Å². The minimum atomic E-state index is -4.59. The molecule has 1 aromatic heterocycles. The molecule has 0 aliphatic carbocycles. The third kappa shape index (κ3) is 6.30. The molecular weight excluding hydrogens is 570 g/mol. The fourth-order valence-electron chi connectivity index (χ4n) is 3.24. The molecule has 0 radical (unpaired) electrons. The van der Waals surface area contributed by atoms with E-state index < -0.39 is 23.6 Å². The molecule has 1 aliphatic heterocycles. The average molecular weight is 586 g/mol. The Morgan fingerprint density at radius 1 is 1.19 bits per heavy atom. The van der Waals surface area contributed by atoms with E-state index in [0.29, 0.717) is 11.4 Å². The Kier molecular flexibility index (Phi) is 8.17. The Morgan fingerprint density at radius 2 is 1.97 bits per heavy atom. The van der Waals surface area contributed by atoms with Crippen molar-refractivity contribution in [2.75, 3.05) is 23.1 Å². The molecule has 2 amide bonds. The number of benzene rings is 2. The van der Waals surface area contributed by atoms with Gasteiger partial charge in [-0.25, -0.2) is 4.99 Å². The fraction of sp³-hybridized carbons (Fsp3) is 0.125. The summed E-state index contributed by atoms with van der Waals surface area (Å²) in [5, 5.41) is 4.66. The van der Waals surface area contributed by atoms with Gasteiger partial charge in [-0.15, -0.1) is 11.3 Å². The second-order valence-corrected chi connectivity index (χ2v) is 10.2. The van der Waals surface area contributed by atoms with E-state index in [9.17, 15) is 22.8 Å². The Labute approximate surface area is 227 Å². The number of amidine groups is 1. The molecule has 0 fully saturated rings. The van der Waals surface area contributed by atoms with Gasteiger partial charge in [0.15, 0.2) is 5.17 Å². The standard InChI is InChI=1S/C24H16Cl2F3N3O3S2/c1-35-20-7-5-14(10-17(20)26)32-22(34)19(11-15-3-2-8-36-15)31-23(32)37-12-21(33)30-18-9-13(24(27,28)29)4-6-16(18)25/h2-11H,12H2,1H3,(H,30,33)/b19-11+. The van der Waals surface area contributed by atoms with Crippen molar-refractivity contribution in [2.45, 2.75) is 6.18 Å². The van der Waals surface area contributed by atoms with Crippen LogP contribution >= 0.6 is 46.3 Å². The minimum absolute atomic E-state index is 0.0459. The molecule has 2 heterocycles. The number of hydrogen-bond donors (Lipinski definition) is 1. The zero-order valence-electron chi connectivity index (χ0n) is 18.8. The summed E-state index contributed by atoms with van der Waals surface area (Å²) in [4.78, 5) is 32.4. The Balaban J connectivity index is 1.57. The Hall–Kier alpha value is -2.99. The number of thioether (sulfide) groups is 1. The molecule has 4 rings (SSSR count). The molecule has 1 N–H and O–H groups in total. The largest absolute Gasteiger partial charge is 0.495 e. The molecule has 0 atom stereocenters. The van der Waals surface area contributed by atoms with E-state index in [-0.39, 0.29) is 32.4 Å². The van der Waals surface area contributed by atoms with Crippen molar-refractivity contribution in [3.63, 3.8) is 0 Å². The van der Waals surface area contributed by atoms with E-state index >= 15 is 0 Å². The Bertz CT molecular complexity index is 1410. The zero-order chi connectivity index (χ0) is 26.7. The van der Waals surface area contributed by atoms with Gasteiger partial charge >= 0.3 is 6.18 Å². The number of anilines is 2. The molecule has 192 valence electrons. The van der Waals surface area contributed by atoms with Crippen LogP contribution in [0.25, 0.3) is 6.08 Å². The normalized spacial score (nSPS) is 14.8. The molecular formula is C24H16Cl2F3N3O3S2. The van der Waals surface area contributed by atoms with Gasteiger partial charge in [0.2, 0.25) is 5.91 Å². The third-order valence-electron chi connectivity index (χ3n) is 4.95. The first-order valence-corrected chi connectivity index (χ1v) is 13.0. The molecule has 6 nitrogen and oxygen atoms in total. The van der Waals surface area contributed by atoms with E-state index in [1.165, 1.54) is 29.4 Å². The van der Waals surface area contributed by atoms with Crippen LogP contribution in [0.2, 0.25) is 10.0 Å². The van der Waals surface area contributed by atoms with Crippen molar-refractivity contribution >= 4 is 80.7 Å². The quantitative estimate of drug-likeness (QED) is 0.310. The molecule has 37 heavy (non-hydrogen) atoms. The second-order valence-electron chi connectivity index (χ2n) is 7.43. The lowest BCUT2D eigenvalue weighted by molar-refractivity contribution is -0.137. The molecule has 0 saturated heterocycles. The van der Waals surface area contributed by atoms with E-state index in [4.69, 9.17) is 27.9 Å². The van der Waals surface area contributed by atoms with Gasteiger partial charge in [-0.2, -0.15) is 13.2 Å². The number of ether oxygens (including phenoxy) is 1. The number of thiophene rings is 1. The summed E-state index contributed by atoms with van der Waals surface area (Å²) in [5.41, 5.74) is -0.573. The number of aliphatic imine (C=N–C) groups is 1. The van der Waals surface area contributed by atoms with Crippen LogP contribution in [0.1, 0.15) is 10.4 Å². The molecule has 0 spiro atoms. The third-order valence-corrected chi connectivity index (χ3v) is 7.33. The van der Waals surface area contributed by atoms with Crippen molar-refractivity contribution in [1.29, 1.82) is 0 Å². The summed E-state index contributed by atoms with van der Waals surface area (Å²) in [5.74, 6) is -0.913. The van der Waals surface area contributed by atoms with Gasteiger partial charge in [-0.3, -0.25) is 14.5 Å². The number of hydrogen-bond acceptors (Lipinski definition) is 6. The van der Waals surface area contributed by atoms with E-state index in [1.54, 1.807) is 18.2 Å².